The number of nitrogens with one attached hydrogen (secondary N) is 1. The molecule has 1 aliphatic rings. The molecule has 1 saturated heterocycles. The summed E-state index contributed by atoms with van der Waals surface area (Å²) in [5.74, 6) is 6.96. The van der Waals surface area contributed by atoms with Crippen molar-refractivity contribution in [3.8, 4) is 0 Å². The highest BCUT2D eigenvalue weighted by atomic mass is 16.3. The molecule has 2 heterocycles. The zero-order valence-electron chi connectivity index (χ0n) is 9.30. The van der Waals surface area contributed by atoms with E-state index in [1.807, 2.05) is 6.07 Å². The smallest absolute Gasteiger partial charge is 0.239 e. The first-order valence-electron chi connectivity index (χ1n) is 5.43. The van der Waals surface area contributed by atoms with Crippen LogP contribution in [0.3, 0.4) is 0 Å². The number of aromatic nitrogens is 2. The first kappa shape index (κ1) is 11.1. The molecule has 0 spiro atoms. The number of aliphatic hydroxyl groups is 1. The summed E-state index contributed by atoms with van der Waals surface area (Å²) in [5, 5.41) is 9.37. The van der Waals surface area contributed by atoms with E-state index < -0.39 is 0 Å². The molecular formula is C10H17N5O. The predicted molar refractivity (Wildman–Crippen MR) is 61.8 cm³/mol. The van der Waals surface area contributed by atoms with Gasteiger partial charge in [0.15, 0.2) is 0 Å². The van der Waals surface area contributed by atoms with Crippen LogP contribution in [0.15, 0.2) is 12.3 Å². The highest BCUT2D eigenvalue weighted by Gasteiger charge is 2.31. The molecule has 0 aromatic carbocycles. The second-order valence-electron chi connectivity index (χ2n) is 4.09. The molecule has 2 rings (SSSR count). The molecule has 1 fully saturated rings. The van der Waals surface area contributed by atoms with E-state index in [0.717, 1.165) is 18.8 Å². The van der Waals surface area contributed by atoms with Crippen molar-refractivity contribution in [2.24, 2.45) is 11.8 Å². The summed E-state index contributed by atoms with van der Waals surface area (Å²) in [7, 11) is 0. The number of hydrogen-bond donors (Lipinski definition) is 3. The highest BCUT2D eigenvalue weighted by molar-refractivity contribution is 5.44. The van der Waals surface area contributed by atoms with Crippen molar-refractivity contribution in [1.82, 2.24) is 9.97 Å². The number of hydrogen-bond acceptors (Lipinski definition) is 6. The van der Waals surface area contributed by atoms with Crippen molar-refractivity contribution in [1.29, 1.82) is 0 Å². The van der Waals surface area contributed by atoms with Crippen LogP contribution in [0.2, 0.25) is 0 Å². The fourth-order valence-electron chi connectivity index (χ4n) is 2.15. The highest BCUT2D eigenvalue weighted by Crippen LogP contribution is 2.28. The fraction of sp³-hybridized carbons (Fsp3) is 0.600. The van der Waals surface area contributed by atoms with Crippen molar-refractivity contribution in [2.75, 3.05) is 23.5 Å². The van der Waals surface area contributed by atoms with Crippen molar-refractivity contribution >= 4 is 11.8 Å². The van der Waals surface area contributed by atoms with E-state index in [0.29, 0.717) is 11.9 Å². The number of anilines is 2. The van der Waals surface area contributed by atoms with Crippen LogP contribution >= 0.6 is 0 Å². The minimum atomic E-state index is 0.139. The van der Waals surface area contributed by atoms with Crippen molar-refractivity contribution in [3.05, 3.63) is 12.3 Å². The minimum absolute atomic E-state index is 0.139. The zero-order chi connectivity index (χ0) is 11.5. The standard InChI is InChI=1S/C10H17N5O/c1-7-3-5-15(8(7)6-16)9-2-4-12-10(13-9)14-11/h2,4,7-8,16H,3,5-6,11H2,1H3,(H,12,13,14). The Labute approximate surface area is 94.5 Å². The lowest BCUT2D eigenvalue weighted by Crippen LogP contribution is -2.35. The van der Waals surface area contributed by atoms with Gasteiger partial charge in [-0.2, -0.15) is 4.98 Å². The summed E-state index contributed by atoms with van der Waals surface area (Å²) < 4.78 is 0. The zero-order valence-corrected chi connectivity index (χ0v) is 9.30. The molecule has 1 aromatic heterocycles. The van der Waals surface area contributed by atoms with Gasteiger partial charge >= 0.3 is 0 Å². The van der Waals surface area contributed by atoms with Crippen LogP contribution in [0.1, 0.15) is 13.3 Å². The Morgan fingerprint density at radius 1 is 1.69 bits per heavy atom. The fourth-order valence-corrected chi connectivity index (χ4v) is 2.15. The molecule has 2 unspecified atom stereocenters. The van der Waals surface area contributed by atoms with Gasteiger partial charge in [-0.3, -0.25) is 5.43 Å². The lowest BCUT2D eigenvalue weighted by molar-refractivity contribution is 0.244. The number of nitrogen functional groups attached to an aromatic ring is 1. The Morgan fingerprint density at radius 2 is 2.50 bits per heavy atom. The van der Waals surface area contributed by atoms with Gasteiger partial charge in [-0.05, 0) is 18.4 Å². The molecule has 0 amide bonds. The van der Waals surface area contributed by atoms with Crippen LogP contribution in [0.4, 0.5) is 11.8 Å². The quantitative estimate of drug-likeness (QED) is 0.492. The molecular weight excluding hydrogens is 206 g/mol. The van der Waals surface area contributed by atoms with Crippen LogP contribution in [0.25, 0.3) is 0 Å². The summed E-state index contributed by atoms with van der Waals surface area (Å²) in [6, 6.07) is 1.97. The molecule has 6 heteroatoms. The lowest BCUT2D eigenvalue weighted by atomic mass is 10.0. The van der Waals surface area contributed by atoms with Gasteiger partial charge in [0, 0.05) is 12.7 Å². The maximum Gasteiger partial charge on any atom is 0.239 e. The summed E-state index contributed by atoms with van der Waals surface area (Å²) >= 11 is 0. The molecule has 0 saturated carbocycles. The largest absolute Gasteiger partial charge is 0.394 e. The SMILES string of the molecule is CC1CCN(c2ccnc(NN)n2)C1CO. The molecule has 16 heavy (non-hydrogen) atoms. The monoisotopic (exact) mass is 223 g/mol. The van der Waals surface area contributed by atoms with Gasteiger partial charge < -0.3 is 10.0 Å². The van der Waals surface area contributed by atoms with E-state index in [9.17, 15) is 5.11 Å². The van der Waals surface area contributed by atoms with Crippen LogP contribution in [-0.4, -0.2) is 34.3 Å². The Hall–Kier alpha value is -1.40. The van der Waals surface area contributed by atoms with E-state index in [1.54, 1.807) is 6.20 Å². The third-order valence-electron chi connectivity index (χ3n) is 3.13. The Balaban J connectivity index is 2.22. The van der Waals surface area contributed by atoms with Gasteiger partial charge in [-0.25, -0.2) is 10.8 Å². The van der Waals surface area contributed by atoms with Gasteiger partial charge in [-0.1, -0.05) is 6.92 Å². The third kappa shape index (κ3) is 1.94. The average molecular weight is 223 g/mol. The first-order chi connectivity index (χ1) is 7.76. The van der Waals surface area contributed by atoms with E-state index in [2.05, 4.69) is 27.2 Å². The average Bonchev–Trinajstić information content (AvgIpc) is 2.70. The van der Waals surface area contributed by atoms with E-state index in [1.165, 1.54) is 0 Å². The van der Waals surface area contributed by atoms with Crippen LogP contribution < -0.4 is 16.2 Å². The van der Waals surface area contributed by atoms with E-state index in [-0.39, 0.29) is 12.6 Å². The Kier molecular flexibility index (Phi) is 3.21. The van der Waals surface area contributed by atoms with Gasteiger partial charge in [0.05, 0.1) is 12.6 Å². The second-order valence-corrected chi connectivity index (χ2v) is 4.09. The first-order valence-corrected chi connectivity index (χ1v) is 5.43. The van der Waals surface area contributed by atoms with E-state index in [4.69, 9.17) is 5.84 Å². The molecule has 4 N–H and O–H groups in total. The third-order valence-corrected chi connectivity index (χ3v) is 3.13. The summed E-state index contributed by atoms with van der Waals surface area (Å²) in [6.07, 6.45) is 2.73. The molecule has 0 bridgehead atoms. The summed E-state index contributed by atoms with van der Waals surface area (Å²) in [4.78, 5) is 10.3. The Morgan fingerprint density at radius 3 is 3.19 bits per heavy atom. The maximum absolute atomic E-state index is 9.37. The van der Waals surface area contributed by atoms with Crippen molar-refractivity contribution in [3.63, 3.8) is 0 Å². The summed E-state index contributed by atoms with van der Waals surface area (Å²) in [5.41, 5.74) is 2.42. The van der Waals surface area contributed by atoms with Gasteiger partial charge in [0.2, 0.25) is 5.95 Å². The number of hydrazine groups is 1. The molecule has 0 radical (unpaired) electrons. The normalized spacial score (nSPS) is 24.8. The summed E-state index contributed by atoms with van der Waals surface area (Å²) in [6.45, 7) is 3.20. The number of nitrogens with two attached hydrogens (primary N) is 1. The second kappa shape index (κ2) is 4.63. The molecule has 88 valence electrons. The molecule has 1 aliphatic heterocycles. The van der Waals surface area contributed by atoms with E-state index >= 15 is 0 Å². The van der Waals surface area contributed by atoms with Gasteiger partial charge in [0.1, 0.15) is 5.82 Å². The van der Waals surface area contributed by atoms with Gasteiger partial charge in [-0.15, -0.1) is 0 Å². The maximum atomic E-state index is 9.37. The lowest BCUT2D eigenvalue weighted by Gasteiger charge is -2.26. The number of aliphatic hydroxyl groups excluding tert-OH is 1. The number of nitrogens with zero attached hydrogens (tertiary/aromatic N) is 3. The van der Waals surface area contributed by atoms with Gasteiger partial charge in [0.25, 0.3) is 0 Å². The predicted octanol–water partition coefficient (Wildman–Crippen LogP) is -0.0307. The topological polar surface area (TPSA) is 87.3 Å². The van der Waals surface area contributed by atoms with Crippen molar-refractivity contribution in [2.45, 2.75) is 19.4 Å². The van der Waals surface area contributed by atoms with Crippen LogP contribution in [0.5, 0.6) is 0 Å². The molecule has 2 atom stereocenters. The van der Waals surface area contributed by atoms with Crippen molar-refractivity contribution < 1.29 is 5.11 Å². The van der Waals surface area contributed by atoms with Crippen LogP contribution in [-0.2, 0) is 0 Å². The minimum Gasteiger partial charge on any atom is -0.394 e. The Bertz CT molecular complexity index is 359. The number of rotatable bonds is 3. The molecule has 1 aromatic rings. The molecule has 0 aliphatic carbocycles. The molecule has 6 nitrogen and oxygen atoms in total. The van der Waals surface area contributed by atoms with Crippen LogP contribution in [0, 0.1) is 5.92 Å².